The third-order valence-electron chi connectivity index (χ3n) is 4.12. The van der Waals surface area contributed by atoms with Gasteiger partial charge in [0.15, 0.2) is 0 Å². The van der Waals surface area contributed by atoms with Gasteiger partial charge in [-0.1, -0.05) is 19.8 Å². The summed E-state index contributed by atoms with van der Waals surface area (Å²) >= 11 is 0. The molecular formula is C13H23NO3. The maximum absolute atomic E-state index is 10.7. The van der Waals surface area contributed by atoms with E-state index in [1.165, 1.54) is 32.1 Å². The first-order valence-corrected chi connectivity index (χ1v) is 6.75. The average Bonchev–Trinajstić information content (AvgIpc) is 2.89. The van der Waals surface area contributed by atoms with Gasteiger partial charge in [0.2, 0.25) is 0 Å². The van der Waals surface area contributed by atoms with Gasteiger partial charge in [-0.25, -0.2) is 0 Å². The number of ether oxygens (including phenoxy) is 1. The Morgan fingerprint density at radius 2 is 2.12 bits per heavy atom. The number of likely N-dealkylation sites (N-methyl/N-ethyl adjacent to an activating group) is 1. The van der Waals surface area contributed by atoms with E-state index in [9.17, 15) is 4.79 Å². The summed E-state index contributed by atoms with van der Waals surface area (Å²) in [4.78, 5) is 12.7. The summed E-state index contributed by atoms with van der Waals surface area (Å²) in [6.07, 6.45) is 7.49. The third kappa shape index (κ3) is 3.19. The first kappa shape index (κ1) is 12.8. The topological polar surface area (TPSA) is 49.8 Å². The molecule has 0 amide bonds. The molecule has 1 unspecified atom stereocenters. The fraction of sp³-hybridized carbons (Fsp3) is 0.923. The summed E-state index contributed by atoms with van der Waals surface area (Å²) in [6.45, 7) is 3.68. The Hall–Kier alpha value is -0.610. The molecule has 4 heteroatoms. The predicted molar refractivity (Wildman–Crippen MR) is 65.1 cm³/mol. The number of carbonyl (C=O) groups is 1. The van der Waals surface area contributed by atoms with Gasteiger partial charge in [-0.3, -0.25) is 9.69 Å². The highest BCUT2D eigenvalue weighted by Crippen LogP contribution is 2.43. The molecule has 4 nitrogen and oxygen atoms in total. The minimum absolute atomic E-state index is 0.128. The van der Waals surface area contributed by atoms with Gasteiger partial charge in [-0.15, -0.1) is 0 Å². The van der Waals surface area contributed by atoms with Crippen LogP contribution in [0.3, 0.4) is 0 Å². The fourth-order valence-electron chi connectivity index (χ4n) is 3.20. The highest BCUT2D eigenvalue weighted by Gasteiger charge is 2.42. The second-order valence-corrected chi connectivity index (χ2v) is 5.39. The predicted octanol–water partition coefficient (Wildman–Crippen LogP) is 1.88. The van der Waals surface area contributed by atoms with E-state index < -0.39 is 5.97 Å². The lowest BCUT2D eigenvalue weighted by atomic mass is 9.98. The van der Waals surface area contributed by atoms with Gasteiger partial charge in [0.05, 0.1) is 18.2 Å². The van der Waals surface area contributed by atoms with E-state index in [-0.39, 0.29) is 18.2 Å². The number of hydrogen-bond donors (Lipinski definition) is 1. The maximum Gasteiger partial charge on any atom is 0.317 e. The minimum atomic E-state index is -0.750. The second kappa shape index (κ2) is 5.36. The van der Waals surface area contributed by atoms with Gasteiger partial charge in [0, 0.05) is 6.54 Å². The SMILES string of the molecule is CCN(CC(=O)O)CC1CCC2(CCCC2)O1. The average molecular weight is 241 g/mol. The monoisotopic (exact) mass is 241 g/mol. The van der Waals surface area contributed by atoms with Gasteiger partial charge in [0.25, 0.3) is 0 Å². The van der Waals surface area contributed by atoms with E-state index in [1.807, 2.05) is 11.8 Å². The van der Waals surface area contributed by atoms with Crippen LogP contribution in [0.1, 0.15) is 45.4 Å². The number of hydrogen-bond acceptors (Lipinski definition) is 3. The van der Waals surface area contributed by atoms with Crippen molar-refractivity contribution in [2.24, 2.45) is 0 Å². The van der Waals surface area contributed by atoms with Crippen LogP contribution in [0.4, 0.5) is 0 Å². The first-order chi connectivity index (χ1) is 8.13. The largest absolute Gasteiger partial charge is 0.480 e. The zero-order valence-electron chi connectivity index (χ0n) is 10.7. The molecule has 1 spiro atoms. The van der Waals surface area contributed by atoms with Crippen LogP contribution in [-0.2, 0) is 9.53 Å². The van der Waals surface area contributed by atoms with E-state index >= 15 is 0 Å². The molecule has 0 bridgehead atoms. The summed E-state index contributed by atoms with van der Waals surface area (Å²) in [5.74, 6) is -0.750. The smallest absolute Gasteiger partial charge is 0.317 e. The number of nitrogens with zero attached hydrogens (tertiary/aromatic N) is 1. The molecule has 1 N–H and O–H groups in total. The highest BCUT2D eigenvalue weighted by molar-refractivity contribution is 5.69. The van der Waals surface area contributed by atoms with E-state index in [0.717, 1.165) is 19.5 Å². The zero-order valence-corrected chi connectivity index (χ0v) is 10.7. The van der Waals surface area contributed by atoms with Gasteiger partial charge < -0.3 is 9.84 Å². The molecule has 0 aromatic carbocycles. The summed E-state index contributed by atoms with van der Waals surface area (Å²) in [5, 5.41) is 8.81. The fourth-order valence-corrected chi connectivity index (χ4v) is 3.20. The van der Waals surface area contributed by atoms with Crippen molar-refractivity contribution >= 4 is 5.97 Å². The molecule has 1 aliphatic heterocycles. The van der Waals surface area contributed by atoms with Gasteiger partial charge in [0.1, 0.15) is 0 Å². The molecular weight excluding hydrogens is 218 g/mol. The second-order valence-electron chi connectivity index (χ2n) is 5.39. The Bertz CT molecular complexity index is 274. The van der Waals surface area contributed by atoms with E-state index in [2.05, 4.69) is 0 Å². The van der Waals surface area contributed by atoms with E-state index in [1.54, 1.807) is 0 Å². The number of carboxylic acids is 1. The van der Waals surface area contributed by atoms with Crippen molar-refractivity contribution < 1.29 is 14.6 Å². The quantitative estimate of drug-likeness (QED) is 0.798. The first-order valence-electron chi connectivity index (χ1n) is 6.75. The lowest BCUT2D eigenvalue weighted by Gasteiger charge is -2.26. The maximum atomic E-state index is 10.7. The zero-order chi connectivity index (χ0) is 12.3. The molecule has 2 fully saturated rings. The molecule has 1 saturated carbocycles. The highest BCUT2D eigenvalue weighted by atomic mass is 16.5. The van der Waals surface area contributed by atoms with Crippen molar-refractivity contribution in [2.45, 2.75) is 57.2 Å². The Morgan fingerprint density at radius 3 is 2.71 bits per heavy atom. The summed E-state index contributed by atoms with van der Waals surface area (Å²) in [6, 6.07) is 0. The lowest BCUT2D eigenvalue weighted by molar-refractivity contribution is -0.138. The van der Waals surface area contributed by atoms with Crippen molar-refractivity contribution in [3.8, 4) is 0 Å². The van der Waals surface area contributed by atoms with Crippen molar-refractivity contribution in [1.82, 2.24) is 4.90 Å². The molecule has 2 rings (SSSR count). The van der Waals surface area contributed by atoms with Gasteiger partial charge in [-0.05, 0) is 32.2 Å². The molecule has 0 radical (unpaired) electrons. The molecule has 1 aliphatic carbocycles. The van der Waals surface area contributed by atoms with Crippen molar-refractivity contribution in [2.75, 3.05) is 19.6 Å². The number of aliphatic carboxylic acids is 1. The molecule has 98 valence electrons. The Labute approximate surface area is 103 Å². The third-order valence-corrected chi connectivity index (χ3v) is 4.12. The van der Waals surface area contributed by atoms with Crippen LogP contribution in [0, 0.1) is 0 Å². The minimum Gasteiger partial charge on any atom is -0.480 e. The molecule has 1 heterocycles. The van der Waals surface area contributed by atoms with Gasteiger partial charge >= 0.3 is 5.97 Å². The molecule has 2 aliphatic rings. The molecule has 0 aromatic rings. The van der Waals surface area contributed by atoms with Crippen LogP contribution < -0.4 is 0 Å². The summed E-state index contributed by atoms with van der Waals surface area (Å²) in [5.41, 5.74) is 0.160. The van der Waals surface area contributed by atoms with Crippen LogP contribution in [0.2, 0.25) is 0 Å². The number of carboxylic acid groups (broad SMARTS) is 1. The van der Waals surface area contributed by atoms with Crippen LogP contribution in [0.25, 0.3) is 0 Å². The van der Waals surface area contributed by atoms with Crippen molar-refractivity contribution in [1.29, 1.82) is 0 Å². The Morgan fingerprint density at radius 1 is 1.41 bits per heavy atom. The number of rotatable bonds is 5. The molecule has 0 aromatic heterocycles. The Kier molecular flexibility index (Phi) is 4.05. The van der Waals surface area contributed by atoms with E-state index in [4.69, 9.17) is 9.84 Å². The van der Waals surface area contributed by atoms with E-state index in [0.29, 0.717) is 0 Å². The Balaban J connectivity index is 1.81. The normalized spacial score (nSPS) is 27.1. The van der Waals surface area contributed by atoms with Crippen LogP contribution >= 0.6 is 0 Å². The van der Waals surface area contributed by atoms with Gasteiger partial charge in [-0.2, -0.15) is 0 Å². The summed E-state index contributed by atoms with van der Waals surface area (Å²) < 4.78 is 6.19. The van der Waals surface area contributed by atoms with Crippen LogP contribution in [0.15, 0.2) is 0 Å². The van der Waals surface area contributed by atoms with Crippen LogP contribution in [0.5, 0.6) is 0 Å². The molecule has 1 saturated heterocycles. The van der Waals surface area contributed by atoms with Crippen LogP contribution in [-0.4, -0.2) is 47.3 Å². The lowest BCUT2D eigenvalue weighted by Crippen LogP contribution is -2.37. The van der Waals surface area contributed by atoms with Crippen molar-refractivity contribution in [3.63, 3.8) is 0 Å². The standard InChI is InChI=1S/C13H23NO3/c1-2-14(10-12(15)16)9-11-5-8-13(17-11)6-3-4-7-13/h11H,2-10H2,1H3,(H,15,16). The molecule has 17 heavy (non-hydrogen) atoms. The van der Waals surface area contributed by atoms with Crippen molar-refractivity contribution in [3.05, 3.63) is 0 Å². The molecule has 1 atom stereocenters. The summed E-state index contributed by atoms with van der Waals surface area (Å²) in [7, 11) is 0.